The van der Waals surface area contributed by atoms with Crippen molar-refractivity contribution in [3.05, 3.63) is 22.7 Å². The maximum atomic E-state index is 13.5. The predicted molar refractivity (Wildman–Crippen MR) is 107 cm³/mol. The molecule has 0 spiro atoms. The summed E-state index contributed by atoms with van der Waals surface area (Å²) < 4.78 is 25.0. The quantitative estimate of drug-likeness (QED) is 0.227. The van der Waals surface area contributed by atoms with Gasteiger partial charge in [-0.2, -0.15) is 4.98 Å². The first-order valence-electron chi connectivity index (χ1n) is 10.3. The molecule has 4 heterocycles. The molecule has 1 unspecified atom stereocenters. The minimum atomic E-state index is -1.33. The lowest BCUT2D eigenvalue weighted by Crippen LogP contribution is -2.57. The molecule has 186 valence electrons. The van der Waals surface area contributed by atoms with Crippen molar-refractivity contribution in [2.75, 3.05) is 25.5 Å². The van der Waals surface area contributed by atoms with Crippen LogP contribution in [0.1, 0.15) is 19.1 Å². The molecule has 1 aromatic rings. The molecule has 0 aromatic carbocycles. The average molecular weight is 477 g/mol. The van der Waals surface area contributed by atoms with Crippen molar-refractivity contribution >= 4 is 11.8 Å². The zero-order valence-corrected chi connectivity index (χ0v) is 17.5. The molecule has 0 saturated carbocycles. The van der Waals surface area contributed by atoms with Crippen molar-refractivity contribution < 1.29 is 44.2 Å². The lowest BCUT2D eigenvalue weighted by molar-refractivity contribution is -0.0893. The van der Waals surface area contributed by atoms with Gasteiger partial charge >= 0.3 is 11.7 Å². The highest BCUT2D eigenvalue weighted by Gasteiger charge is 2.47. The number of carbonyl (C=O) groups excluding carboxylic acids is 1. The number of ether oxygens (including phenoxy) is 2. The van der Waals surface area contributed by atoms with Gasteiger partial charge in [-0.25, -0.2) is 14.0 Å². The number of carbonyl (C=O) groups is 1. The number of anilines is 1. The summed E-state index contributed by atoms with van der Waals surface area (Å²) in [4.78, 5) is 27.7. The summed E-state index contributed by atoms with van der Waals surface area (Å²) >= 11 is 0. The highest BCUT2D eigenvalue weighted by atomic mass is 19.1. The topological polar surface area (TPSA) is 213 Å². The van der Waals surface area contributed by atoms with Crippen molar-refractivity contribution in [1.29, 1.82) is 0 Å². The molecule has 3 aliphatic heterocycles. The number of nitrogens with zero attached hydrogens (tertiary/aromatic N) is 3. The Bertz CT molecular complexity index is 876. The Morgan fingerprint density at radius 3 is 2.42 bits per heavy atom. The lowest BCUT2D eigenvalue weighted by atomic mass is 10.1. The molecule has 0 radical (unpaired) electrons. The lowest BCUT2D eigenvalue weighted by Gasteiger charge is -2.35. The molecule has 3 saturated heterocycles. The molecule has 0 bridgehead atoms. The molecule has 2 amide bonds. The Labute approximate surface area is 187 Å². The highest BCUT2D eigenvalue weighted by Crippen LogP contribution is 2.30. The number of nitrogens with one attached hydrogen (secondary N) is 1. The fraction of sp³-hybridized carbons (Fsp3) is 0.722. The number of amides is 2. The van der Waals surface area contributed by atoms with E-state index in [4.69, 9.17) is 25.4 Å². The monoisotopic (exact) mass is 477 g/mol. The third-order valence-electron chi connectivity index (χ3n) is 5.48. The standard InChI is InChI=1S/C9H12FN3O3.C9H16N2O6/c10-6-3-5(4-14)16-8(6)13-2-1-7(11)12-9(13)15;12-3-4-6(14)7(15)8(17-4)11-2-1-5(13)10-9(11)16/h1-2,5-6,8,14H,3-4H2,(H2,11,12,15);4-8,12-15H,1-3H2,(H,10,16)/t5-,6-,8+;4-,5?,6-,7-,8-/m01/s1. The van der Waals surface area contributed by atoms with Crippen LogP contribution in [0.5, 0.6) is 0 Å². The summed E-state index contributed by atoms with van der Waals surface area (Å²) in [5.41, 5.74) is 4.65. The second-order valence-electron chi connectivity index (χ2n) is 7.80. The van der Waals surface area contributed by atoms with Gasteiger partial charge in [0.1, 0.15) is 36.5 Å². The third kappa shape index (κ3) is 5.57. The van der Waals surface area contributed by atoms with Crippen LogP contribution >= 0.6 is 0 Å². The number of urea groups is 1. The van der Waals surface area contributed by atoms with Crippen molar-refractivity contribution in [2.24, 2.45) is 0 Å². The molecule has 3 aliphatic rings. The van der Waals surface area contributed by atoms with Gasteiger partial charge < -0.3 is 46.1 Å². The van der Waals surface area contributed by atoms with E-state index in [1.165, 1.54) is 17.2 Å². The Hall–Kier alpha value is -2.40. The maximum Gasteiger partial charge on any atom is 0.351 e. The normalized spacial score (nSPS) is 36.3. The summed E-state index contributed by atoms with van der Waals surface area (Å²) in [6.07, 6.45) is -6.56. The molecule has 33 heavy (non-hydrogen) atoms. The number of alkyl halides is 1. The van der Waals surface area contributed by atoms with Gasteiger partial charge in [-0.15, -0.1) is 0 Å². The van der Waals surface area contributed by atoms with Crippen LogP contribution < -0.4 is 16.7 Å². The van der Waals surface area contributed by atoms with Crippen molar-refractivity contribution in [3.8, 4) is 0 Å². The number of rotatable bonds is 4. The largest absolute Gasteiger partial charge is 0.394 e. The van der Waals surface area contributed by atoms with Crippen molar-refractivity contribution in [1.82, 2.24) is 19.8 Å². The van der Waals surface area contributed by atoms with Gasteiger partial charge in [0, 0.05) is 25.6 Å². The average Bonchev–Trinajstić information content (AvgIpc) is 3.28. The van der Waals surface area contributed by atoms with Gasteiger partial charge in [0.05, 0.1) is 19.3 Å². The van der Waals surface area contributed by atoms with Gasteiger partial charge in [0.2, 0.25) is 0 Å². The summed E-state index contributed by atoms with van der Waals surface area (Å²) in [6, 6.07) is 0.822. The Balaban J connectivity index is 0.000000186. The van der Waals surface area contributed by atoms with Crippen LogP contribution in [0.4, 0.5) is 15.0 Å². The van der Waals surface area contributed by atoms with E-state index in [1.807, 2.05) is 0 Å². The summed E-state index contributed by atoms with van der Waals surface area (Å²) in [5.74, 6) is 0.0772. The van der Waals surface area contributed by atoms with E-state index < -0.39 is 67.6 Å². The van der Waals surface area contributed by atoms with Crippen molar-refractivity contribution in [2.45, 2.75) is 62.1 Å². The first-order valence-corrected chi connectivity index (χ1v) is 10.3. The maximum absolute atomic E-state index is 13.5. The van der Waals surface area contributed by atoms with Crippen LogP contribution in [0.2, 0.25) is 0 Å². The van der Waals surface area contributed by atoms with Gasteiger partial charge in [-0.05, 0) is 6.07 Å². The van der Waals surface area contributed by atoms with E-state index in [0.29, 0.717) is 6.42 Å². The number of nitrogen functional groups attached to an aromatic ring is 1. The van der Waals surface area contributed by atoms with Gasteiger partial charge in [0.15, 0.2) is 12.5 Å². The van der Waals surface area contributed by atoms with Crippen LogP contribution in [0, 0.1) is 0 Å². The molecule has 8 atom stereocenters. The Morgan fingerprint density at radius 1 is 1.15 bits per heavy atom. The first kappa shape index (κ1) is 25.2. The zero-order chi connectivity index (χ0) is 24.3. The van der Waals surface area contributed by atoms with Gasteiger partial charge in [0.25, 0.3) is 0 Å². The fourth-order valence-electron chi connectivity index (χ4n) is 3.72. The summed E-state index contributed by atoms with van der Waals surface area (Å²) in [6.45, 7) is -0.500. The van der Waals surface area contributed by atoms with Gasteiger partial charge in [-0.3, -0.25) is 9.47 Å². The van der Waals surface area contributed by atoms with Crippen LogP contribution in [-0.4, -0.2) is 109 Å². The fourth-order valence-corrected chi connectivity index (χ4v) is 3.72. The van der Waals surface area contributed by atoms with E-state index in [0.717, 1.165) is 4.57 Å². The molecule has 4 rings (SSSR count). The van der Waals surface area contributed by atoms with Crippen LogP contribution in [0.15, 0.2) is 17.1 Å². The second-order valence-corrected chi connectivity index (χ2v) is 7.80. The van der Waals surface area contributed by atoms with Crippen molar-refractivity contribution in [3.63, 3.8) is 0 Å². The molecular formula is C18H28FN5O9. The number of halogens is 1. The summed E-state index contributed by atoms with van der Waals surface area (Å²) in [7, 11) is 0. The second kappa shape index (κ2) is 10.7. The minimum absolute atomic E-state index is 0.0674. The number of nitrogens with two attached hydrogens (primary N) is 1. The highest BCUT2D eigenvalue weighted by molar-refractivity contribution is 5.75. The molecule has 8 N–H and O–H groups in total. The van der Waals surface area contributed by atoms with E-state index in [-0.39, 0.29) is 25.4 Å². The number of aliphatic hydroxyl groups excluding tert-OH is 5. The van der Waals surface area contributed by atoms with E-state index >= 15 is 0 Å². The molecule has 0 aliphatic carbocycles. The molecule has 15 heteroatoms. The summed E-state index contributed by atoms with van der Waals surface area (Å²) in [5, 5.41) is 48.5. The molecule has 3 fully saturated rings. The first-order chi connectivity index (χ1) is 15.7. The van der Waals surface area contributed by atoms with Gasteiger partial charge in [-0.1, -0.05) is 0 Å². The molecular weight excluding hydrogens is 449 g/mol. The smallest absolute Gasteiger partial charge is 0.351 e. The number of aromatic nitrogens is 2. The Morgan fingerprint density at radius 2 is 1.88 bits per heavy atom. The van der Waals surface area contributed by atoms with E-state index in [9.17, 15) is 29.3 Å². The van der Waals surface area contributed by atoms with Crippen LogP contribution in [-0.2, 0) is 9.47 Å². The Kier molecular flexibility index (Phi) is 8.17. The predicted octanol–water partition coefficient (Wildman–Crippen LogP) is -3.40. The van der Waals surface area contributed by atoms with Crippen LogP contribution in [0.3, 0.4) is 0 Å². The number of hydrogen-bond donors (Lipinski definition) is 7. The molecule has 1 aromatic heterocycles. The zero-order valence-electron chi connectivity index (χ0n) is 17.5. The number of hydrogen-bond acceptors (Lipinski definition) is 11. The van der Waals surface area contributed by atoms with E-state index in [2.05, 4.69) is 10.3 Å². The molecule has 14 nitrogen and oxygen atoms in total. The number of aliphatic hydroxyl groups is 5. The third-order valence-corrected chi connectivity index (χ3v) is 5.48. The minimum Gasteiger partial charge on any atom is -0.394 e. The van der Waals surface area contributed by atoms with Crippen LogP contribution in [0.25, 0.3) is 0 Å². The SMILES string of the molecule is Nc1ccn([C@@H]2O[C@H](CO)C[C@@H]2F)c(=O)n1.O=C1NC(O)CCN1[C@@H]1O[C@H](CO)[C@@H](O)[C@H]1O. The van der Waals surface area contributed by atoms with E-state index in [1.54, 1.807) is 0 Å².